The minimum absolute atomic E-state index is 0.177. The number of halogens is 2. The summed E-state index contributed by atoms with van der Waals surface area (Å²) in [6.07, 6.45) is 2.50. The highest BCUT2D eigenvalue weighted by molar-refractivity contribution is 9.12. The van der Waals surface area contributed by atoms with E-state index < -0.39 is 0 Å². The van der Waals surface area contributed by atoms with Crippen LogP contribution in [0.4, 0.5) is 0 Å². The predicted molar refractivity (Wildman–Crippen MR) is 64.4 cm³/mol. The first-order chi connectivity index (χ1) is 5.25. The van der Waals surface area contributed by atoms with Crippen LogP contribution in [-0.2, 0) is 0 Å². The Morgan fingerprint density at radius 1 is 1.25 bits per heavy atom. The standard InChI is InChI=1S/C10H20Br2/c1-6-7-9(3,4)10(5,12)8(2)11/h8H,6-7H2,1-5H3. The minimum Gasteiger partial charge on any atom is -0.0878 e. The molecule has 0 N–H and O–H groups in total. The van der Waals surface area contributed by atoms with Crippen LogP contribution >= 0.6 is 31.9 Å². The van der Waals surface area contributed by atoms with Gasteiger partial charge in [-0.1, -0.05) is 66.0 Å². The van der Waals surface area contributed by atoms with E-state index in [1.807, 2.05) is 0 Å². The molecule has 0 aliphatic rings. The molecule has 0 saturated carbocycles. The van der Waals surface area contributed by atoms with Gasteiger partial charge < -0.3 is 0 Å². The van der Waals surface area contributed by atoms with Crippen LogP contribution < -0.4 is 0 Å². The molecule has 0 aromatic carbocycles. The van der Waals surface area contributed by atoms with Crippen molar-refractivity contribution in [3.8, 4) is 0 Å². The fourth-order valence-corrected chi connectivity index (χ4v) is 2.23. The molecule has 2 unspecified atom stereocenters. The maximum absolute atomic E-state index is 3.82. The summed E-state index contributed by atoms with van der Waals surface area (Å²) in [6.45, 7) is 11.4. The average Bonchev–Trinajstić information content (AvgIpc) is 1.86. The fraction of sp³-hybridized carbons (Fsp3) is 1.00. The Labute approximate surface area is 93.8 Å². The first-order valence-electron chi connectivity index (χ1n) is 4.58. The summed E-state index contributed by atoms with van der Waals surface area (Å²) >= 11 is 7.48. The summed E-state index contributed by atoms with van der Waals surface area (Å²) < 4.78 is 0.177. The Balaban J connectivity index is 4.50. The van der Waals surface area contributed by atoms with E-state index in [0.29, 0.717) is 10.2 Å². The number of hydrogen-bond donors (Lipinski definition) is 0. The van der Waals surface area contributed by atoms with Gasteiger partial charge in [-0.05, 0) is 18.8 Å². The quantitative estimate of drug-likeness (QED) is 0.657. The van der Waals surface area contributed by atoms with E-state index >= 15 is 0 Å². The van der Waals surface area contributed by atoms with E-state index in [-0.39, 0.29) is 4.32 Å². The van der Waals surface area contributed by atoms with Crippen LogP contribution in [-0.4, -0.2) is 9.15 Å². The molecule has 0 aliphatic carbocycles. The van der Waals surface area contributed by atoms with Crippen LogP contribution in [0.25, 0.3) is 0 Å². The van der Waals surface area contributed by atoms with Crippen molar-refractivity contribution in [2.75, 3.05) is 0 Å². The molecule has 2 atom stereocenters. The lowest BCUT2D eigenvalue weighted by Gasteiger charge is -2.42. The highest BCUT2D eigenvalue weighted by Gasteiger charge is 2.41. The zero-order valence-corrected chi connectivity index (χ0v) is 11.9. The second-order valence-electron chi connectivity index (χ2n) is 4.33. The Morgan fingerprint density at radius 2 is 1.67 bits per heavy atom. The van der Waals surface area contributed by atoms with Gasteiger partial charge in [0.05, 0.1) is 0 Å². The van der Waals surface area contributed by atoms with Crippen molar-refractivity contribution in [2.24, 2.45) is 5.41 Å². The zero-order valence-electron chi connectivity index (χ0n) is 8.75. The second kappa shape index (κ2) is 4.45. The van der Waals surface area contributed by atoms with Gasteiger partial charge in [0.1, 0.15) is 0 Å². The molecule has 0 spiro atoms. The largest absolute Gasteiger partial charge is 0.0878 e. The number of alkyl halides is 2. The molecule has 2 heteroatoms. The molecule has 0 radical (unpaired) electrons. The van der Waals surface area contributed by atoms with Crippen LogP contribution in [0.3, 0.4) is 0 Å². The van der Waals surface area contributed by atoms with Crippen LogP contribution in [0.1, 0.15) is 47.5 Å². The summed E-state index contributed by atoms with van der Waals surface area (Å²) in [5, 5.41) is 0. The smallest absolute Gasteiger partial charge is 0.0402 e. The van der Waals surface area contributed by atoms with Crippen LogP contribution in [0.2, 0.25) is 0 Å². The minimum atomic E-state index is 0.177. The third-order valence-corrected chi connectivity index (χ3v) is 6.24. The van der Waals surface area contributed by atoms with Crippen LogP contribution in [0.15, 0.2) is 0 Å². The second-order valence-corrected chi connectivity index (χ2v) is 7.35. The average molecular weight is 300 g/mol. The van der Waals surface area contributed by atoms with Gasteiger partial charge in [0.25, 0.3) is 0 Å². The van der Waals surface area contributed by atoms with Gasteiger partial charge in [0.2, 0.25) is 0 Å². The Kier molecular flexibility index (Phi) is 4.81. The van der Waals surface area contributed by atoms with E-state index in [1.54, 1.807) is 0 Å². The monoisotopic (exact) mass is 298 g/mol. The van der Waals surface area contributed by atoms with Crippen molar-refractivity contribution in [3.05, 3.63) is 0 Å². The summed E-state index contributed by atoms with van der Waals surface area (Å²) in [4.78, 5) is 0.492. The van der Waals surface area contributed by atoms with Gasteiger partial charge in [-0.2, -0.15) is 0 Å². The van der Waals surface area contributed by atoms with Crippen molar-refractivity contribution in [1.82, 2.24) is 0 Å². The molecule has 0 heterocycles. The Morgan fingerprint density at radius 3 is 1.92 bits per heavy atom. The highest BCUT2D eigenvalue weighted by Crippen LogP contribution is 2.46. The molecule has 0 rings (SSSR count). The van der Waals surface area contributed by atoms with E-state index in [0.717, 1.165) is 0 Å². The summed E-state index contributed by atoms with van der Waals surface area (Å²) in [5.41, 5.74) is 0.338. The Bertz CT molecular complexity index is 137. The van der Waals surface area contributed by atoms with Gasteiger partial charge >= 0.3 is 0 Å². The summed E-state index contributed by atoms with van der Waals surface area (Å²) in [6, 6.07) is 0. The number of rotatable bonds is 4. The molecule has 12 heavy (non-hydrogen) atoms. The van der Waals surface area contributed by atoms with Gasteiger partial charge in [-0.15, -0.1) is 0 Å². The van der Waals surface area contributed by atoms with Gasteiger partial charge in [-0.3, -0.25) is 0 Å². The molecular weight excluding hydrogens is 280 g/mol. The molecule has 0 aromatic heterocycles. The van der Waals surface area contributed by atoms with Crippen LogP contribution in [0.5, 0.6) is 0 Å². The molecule has 0 bridgehead atoms. The van der Waals surface area contributed by atoms with Crippen LogP contribution in [0, 0.1) is 5.41 Å². The molecular formula is C10H20Br2. The van der Waals surface area contributed by atoms with Crippen molar-refractivity contribution >= 4 is 31.9 Å². The first kappa shape index (κ1) is 13.0. The lowest BCUT2D eigenvalue weighted by atomic mass is 9.75. The van der Waals surface area contributed by atoms with Crippen molar-refractivity contribution in [1.29, 1.82) is 0 Å². The molecule has 0 aliphatic heterocycles. The molecule has 0 amide bonds. The SMILES string of the molecule is CCCC(C)(C)C(C)(Br)C(C)Br. The summed E-state index contributed by atoms with van der Waals surface area (Å²) in [5.74, 6) is 0. The van der Waals surface area contributed by atoms with Crippen molar-refractivity contribution < 1.29 is 0 Å². The maximum Gasteiger partial charge on any atom is 0.0402 e. The third-order valence-electron chi connectivity index (χ3n) is 2.95. The van der Waals surface area contributed by atoms with Gasteiger partial charge in [0.15, 0.2) is 0 Å². The Hall–Kier alpha value is 0.960. The highest BCUT2D eigenvalue weighted by atomic mass is 79.9. The topological polar surface area (TPSA) is 0 Å². The molecule has 0 nitrogen and oxygen atoms in total. The van der Waals surface area contributed by atoms with Gasteiger partial charge in [0, 0.05) is 9.15 Å². The molecule has 74 valence electrons. The lowest BCUT2D eigenvalue weighted by molar-refractivity contribution is 0.249. The zero-order chi connectivity index (χ0) is 9.99. The third kappa shape index (κ3) is 2.73. The number of hydrogen-bond acceptors (Lipinski definition) is 0. The molecule has 0 aromatic rings. The van der Waals surface area contributed by atoms with Gasteiger partial charge in [-0.25, -0.2) is 0 Å². The fourth-order valence-electron chi connectivity index (χ4n) is 1.41. The van der Waals surface area contributed by atoms with E-state index in [9.17, 15) is 0 Å². The van der Waals surface area contributed by atoms with Crippen molar-refractivity contribution in [2.45, 2.75) is 56.6 Å². The normalized spacial score (nSPS) is 20.2. The predicted octanol–water partition coefficient (Wildman–Crippen LogP) is 4.75. The lowest BCUT2D eigenvalue weighted by Crippen LogP contribution is -2.42. The summed E-state index contributed by atoms with van der Waals surface area (Å²) in [7, 11) is 0. The van der Waals surface area contributed by atoms with E-state index in [2.05, 4.69) is 66.5 Å². The van der Waals surface area contributed by atoms with E-state index in [4.69, 9.17) is 0 Å². The van der Waals surface area contributed by atoms with Crippen molar-refractivity contribution in [3.63, 3.8) is 0 Å². The first-order valence-corrected chi connectivity index (χ1v) is 6.29. The maximum atomic E-state index is 3.82. The molecule has 0 fully saturated rings. The molecule has 0 saturated heterocycles. The van der Waals surface area contributed by atoms with E-state index in [1.165, 1.54) is 12.8 Å².